The Morgan fingerprint density at radius 3 is 1.43 bits per heavy atom. The lowest BCUT2D eigenvalue weighted by Crippen LogP contribution is -2.65. The number of aliphatic hydroxyl groups excluding tert-OH is 3. The summed E-state index contributed by atoms with van der Waals surface area (Å²) in [5.74, 6) is -0.495. The number of aromatic nitrogens is 10. The van der Waals surface area contributed by atoms with Crippen molar-refractivity contribution in [2.24, 2.45) is 68.0 Å². The number of sulfone groups is 1. The zero-order chi connectivity index (χ0) is 91.1. The van der Waals surface area contributed by atoms with Gasteiger partial charge in [-0.25, -0.2) is 17.2 Å². The molecular formula is C102H118Cl6F2N10O8S. The second kappa shape index (κ2) is 34.7. The number of hydrogen-bond acceptors (Lipinski definition) is 13. The summed E-state index contributed by atoms with van der Waals surface area (Å²) in [4.78, 5) is 0. The molecule has 18 nitrogen and oxygen atoms in total. The van der Waals surface area contributed by atoms with E-state index in [0.717, 1.165) is 178 Å². The number of halogens is 8. The fraction of sp³-hybridized carbons (Fsp3) is 0.520. The second-order valence-corrected chi connectivity index (χ2v) is 46.8. The molecule has 11 fully saturated rings. The summed E-state index contributed by atoms with van der Waals surface area (Å²) in [7, 11) is -3.08. The van der Waals surface area contributed by atoms with Crippen molar-refractivity contribution in [3.63, 3.8) is 0 Å². The number of nitrogens with one attached hydrogen (secondary N) is 5. The summed E-state index contributed by atoms with van der Waals surface area (Å²) < 4.78 is 51.8. The molecule has 2 spiro atoms. The van der Waals surface area contributed by atoms with Gasteiger partial charge >= 0.3 is 0 Å². The first-order valence-electron chi connectivity index (χ1n) is 46.2. The van der Waals surface area contributed by atoms with Gasteiger partial charge in [-0.1, -0.05) is 198 Å². The highest BCUT2D eigenvalue weighted by molar-refractivity contribution is 7.93. The summed E-state index contributed by atoms with van der Waals surface area (Å²) in [5, 5.41) is 109. The number of alkyl halides is 2. The smallest absolute Gasteiger partial charge is 0.280 e. The third-order valence-corrected chi connectivity index (χ3v) is 36.6. The molecule has 0 amide bonds. The van der Waals surface area contributed by atoms with Crippen LogP contribution in [0, 0.1) is 74.9 Å². The SMILES string of the molecule is CC(C)(C1CCCCC1)C(O)c1cc(Cl)cc2cn[nH]c12.CC1(C)C2CCC(C2)C12CC(O)(c1cc(Cl)cc3cn[nH]c13)C2.CC1(C)[C@H]2CCC3(CC(O)(c4cc(Cl)cc5cn[nH]c45)C3)[C@@H]1C2.Cc1cccc(CC2(C(O)c3cc(Cl)cc4cn[nH]c34)CCC2)c1.O=S1(=O)CC(O)(c2cc(Cl)cc3c2CC=C3)C1.OC(c1cc(Cl)cc2cn[nH]c12)C(F)(F)C1CCCCC1. The summed E-state index contributed by atoms with van der Waals surface area (Å²) in [6, 6.07) is 30.3. The van der Waals surface area contributed by atoms with Crippen LogP contribution in [0.1, 0.15) is 263 Å². The Kier molecular flexibility index (Phi) is 24.8. The molecule has 686 valence electrons. The maximum atomic E-state index is 14.6. The molecule has 7 atom stereocenters. The van der Waals surface area contributed by atoms with Crippen LogP contribution in [0.3, 0.4) is 0 Å². The number of benzene rings is 7. The number of rotatable bonds is 13. The van der Waals surface area contributed by atoms with E-state index in [4.69, 9.17) is 69.6 Å². The fourth-order valence-electron chi connectivity index (χ4n) is 26.2. The minimum Gasteiger partial charge on any atom is -0.388 e. The molecule has 24 rings (SSSR count). The van der Waals surface area contributed by atoms with Gasteiger partial charge in [0.05, 0.1) is 93.5 Å². The van der Waals surface area contributed by atoms with E-state index in [1.807, 2.05) is 66.7 Å². The van der Waals surface area contributed by atoms with Crippen molar-refractivity contribution in [3.8, 4) is 0 Å². The average molecular weight is 1890 g/mol. The summed E-state index contributed by atoms with van der Waals surface area (Å²) >= 11 is 37.0. The molecule has 6 heterocycles. The van der Waals surface area contributed by atoms with Crippen LogP contribution in [0.2, 0.25) is 30.1 Å². The standard InChI is InChI=1S/C20H21ClN2O.2C19H23ClN2O.C17H23ClN2O.C15H17ClF2N2O.C12H11ClO3S/c1-13-4-2-5-14(8-13)11-20(6-3-7-20)19(24)17-10-16(21)9-15-12-22-23-18(15)17;1-17(2)12-3-4-18(15(17)6-12)9-19(23,10-18)14-7-13(20)5-11-8-21-22-16(11)14;1-17(2)12-3-4-13(6-12)18(17)9-19(23,10-18)15-7-14(20)5-11-8-21-22-16(11)15;1-17(2,12-6-4-3-5-7-12)16(21)14-9-13(18)8-11-10-19-20-15(11)14;16-11-6-9-8-19-20-13(9)12(7-11)14(21)15(17,18)10-4-2-1-3-5-10;13-9-4-8-2-1-3-10(8)11(5-9)12(14)6-17(15,16)7-12/h2,4-5,8-10,12,19,24H,3,6-7,11H2,1H3,(H,22,23);5,7-8,12,15,23H,3-4,6,9-10H2,1-2H3,(H,21,22);5,7-8,12-13,23H,3-4,6,9-10H2,1-2H3,(H,21,22);8-10,12,16,21H,3-7H2,1-2H3,(H,19,20);6-8,10,14,21H,1-5H2,(H,19,20);1-2,4-5,14H,3,6-7H2/t;12-,15+,18?,19?;;;;/m.0..../s1. The summed E-state index contributed by atoms with van der Waals surface area (Å²) in [6.45, 7) is 16.2. The van der Waals surface area contributed by atoms with Crippen molar-refractivity contribution in [3.05, 3.63) is 220 Å². The monoisotopic (exact) mass is 1890 g/mol. The Morgan fingerprint density at radius 1 is 0.488 bits per heavy atom. The van der Waals surface area contributed by atoms with Gasteiger partial charge in [0.15, 0.2) is 9.84 Å². The van der Waals surface area contributed by atoms with Gasteiger partial charge in [0.25, 0.3) is 5.92 Å². The molecule has 0 radical (unpaired) electrons. The number of aryl methyl sites for hydroxylation is 1. The summed E-state index contributed by atoms with van der Waals surface area (Å²) in [6.07, 6.45) is 35.7. The predicted octanol–water partition coefficient (Wildman–Crippen LogP) is 25.1. The average Bonchev–Trinajstić information content (AvgIpc) is 1.58. The highest BCUT2D eigenvalue weighted by atomic mass is 35.5. The van der Waals surface area contributed by atoms with E-state index in [1.54, 1.807) is 36.9 Å². The lowest BCUT2D eigenvalue weighted by molar-refractivity contribution is -0.254. The van der Waals surface area contributed by atoms with Crippen LogP contribution >= 0.6 is 69.6 Å². The zero-order valence-corrected chi connectivity index (χ0v) is 79.6. The number of nitrogens with zero attached hydrogens (tertiary/aromatic N) is 5. The molecule has 12 aliphatic rings. The Morgan fingerprint density at radius 2 is 0.946 bits per heavy atom. The third kappa shape index (κ3) is 16.9. The van der Waals surface area contributed by atoms with Gasteiger partial charge in [-0.05, 0) is 274 Å². The van der Waals surface area contributed by atoms with Gasteiger partial charge in [0.2, 0.25) is 0 Å². The van der Waals surface area contributed by atoms with Gasteiger partial charge in [-0.15, -0.1) is 0 Å². The normalized spacial score (nSPS) is 27.1. The predicted molar refractivity (Wildman–Crippen MR) is 511 cm³/mol. The van der Waals surface area contributed by atoms with Gasteiger partial charge in [-0.3, -0.25) is 25.5 Å². The molecule has 11 N–H and O–H groups in total. The first-order valence-corrected chi connectivity index (χ1v) is 50.2. The van der Waals surface area contributed by atoms with Gasteiger partial charge < -0.3 is 30.6 Å². The van der Waals surface area contributed by atoms with Crippen LogP contribution in [0.25, 0.3) is 60.6 Å². The second-order valence-electron chi connectivity index (χ2n) is 42.1. The van der Waals surface area contributed by atoms with Gasteiger partial charge in [0.1, 0.15) is 11.7 Å². The number of fused-ring (bicyclic) bond motifs is 10. The van der Waals surface area contributed by atoms with Crippen LogP contribution in [-0.4, -0.2) is 107 Å². The van der Waals surface area contributed by atoms with E-state index in [-0.39, 0.29) is 27.9 Å². The molecule has 27 heteroatoms. The molecular weight excluding hydrogens is 1780 g/mol. The Labute approximate surface area is 782 Å². The lowest BCUT2D eigenvalue weighted by atomic mass is 9.34. The number of hydrogen-bond donors (Lipinski definition) is 11. The van der Waals surface area contributed by atoms with Crippen molar-refractivity contribution in [2.75, 3.05) is 11.5 Å². The largest absolute Gasteiger partial charge is 0.388 e. The van der Waals surface area contributed by atoms with Crippen LogP contribution in [-0.2, 0) is 39.5 Å². The number of H-pyrrole nitrogens is 5. The van der Waals surface area contributed by atoms with Gasteiger partial charge in [0, 0.05) is 96.2 Å². The van der Waals surface area contributed by atoms with Crippen molar-refractivity contribution >= 4 is 140 Å². The van der Waals surface area contributed by atoms with Crippen molar-refractivity contribution in [2.45, 2.75) is 250 Å². The molecule has 129 heavy (non-hydrogen) atoms. The molecule has 12 aromatic rings. The van der Waals surface area contributed by atoms with E-state index in [2.05, 4.69) is 124 Å². The Bertz CT molecular complexity index is 6220. The van der Waals surface area contributed by atoms with Crippen molar-refractivity contribution in [1.82, 2.24) is 51.0 Å². The quantitative estimate of drug-likeness (QED) is 0.0512. The molecule has 10 saturated carbocycles. The van der Waals surface area contributed by atoms with Gasteiger partial charge in [-0.2, -0.15) is 25.5 Å². The molecule has 4 bridgehead atoms. The molecule has 7 aromatic carbocycles. The first kappa shape index (κ1) is 92.4. The first-order chi connectivity index (χ1) is 61.2. The minimum absolute atomic E-state index is 0.115. The van der Waals surface area contributed by atoms with Crippen molar-refractivity contribution in [1.29, 1.82) is 0 Å². The van der Waals surface area contributed by atoms with Crippen LogP contribution in [0.15, 0.2) is 134 Å². The molecule has 1 aliphatic heterocycles. The molecule has 5 unspecified atom stereocenters. The van der Waals surface area contributed by atoms with E-state index in [0.29, 0.717) is 87.0 Å². The maximum absolute atomic E-state index is 14.6. The maximum Gasteiger partial charge on any atom is 0.280 e. The topological polar surface area (TPSA) is 299 Å². The lowest BCUT2D eigenvalue weighted by Gasteiger charge is -2.71. The fourth-order valence-corrected chi connectivity index (χ4v) is 29.3. The van der Waals surface area contributed by atoms with Crippen LogP contribution < -0.4 is 0 Å². The van der Waals surface area contributed by atoms with E-state index in [1.165, 1.54) is 94.0 Å². The van der Waals surface area contributed by atoms with Crippen LogP contribution in [0.4, 0.5) is 8.78 Å². The number of allylic oxidation sites excluding steroid dienone is 1. The molecule has 1 saturated heterocycles. The Balaban J connectivity index is 0.000000105. The molecule has 11 aliphatic carbocycles. The zero-order valence-electron chi connectivity index (χ0n) is 74.2. The van der Waals surface area contributed by atoms with Crippen LogP contribution in [0.5, 0.6) is 0 Å². The van der Waals surface area contributed by atoms with Crippen molar-refractivity contribution < 1.29 is 47.8 Å². The minimum atomic E-state index is -3.16. The number of aromatic amines is 5. The molecule has 5 aromatic heterocycles. The Hall–Kier alpha value is -7.06. The number of aliphatic hydroxyl groups is 6. The van der Waals surface area contributed by atoms with E-state index >= 15 is 0 Å². The highest BCUT2D eigenvalue weighted by Gasteiger charge is 2.72. The third-order valence-electron chi connectivity index (χ3n) is 33.5. The van der Waals surface area contributed by atoms with E-state index < -0.39 is 56.8 Å². The van der Waals surface area contributed by atoms with E-state index in [9.17, 15) is 47.8 Å². The summed E-state index contributed by atoms with van der Waals surface area (Å²) in [5.41, 5.74) is 11.4. The highest BCUT2D eigenvalue weighted by Crippen LogP contribution is 2.78.